The number of aliphatic hydroxyl groups is 1. The van der Waals surface area contributed by atoms with Gasteiger partial charge in [0.1, 0.15) is 11.6 Å². The lowest BCUT2D eigenvalue weighted by Gasteiger charge is -2.42. The topological polar surface area (TPSA) is 20.2 Å². The Balaban J connectivity index is 2.21. The second-order valence-corrected chi connectivity index (χ2v) is 5.67. The van der Waals surface area contributed by atoms with Crippen LogP contribution in [0.15, 0.2) is 18.2 Å². The van der Waals surface area contributed by atoms with Gasteiger partial charge in [-0.05, 0) is 29.9 Å². The van der Waals surface area contributed by atoms with Gasteiger partial charge in [-0.25, -0.2) is 8.78 Å². The number of halogens is 2. The Bertz CT molecular complexity index is 433. The molecule has 1 aliphatic rings. The highest BCUT2D eigenvalue weighted by atomic mass is 19.1. The average molecular weight is 254 g/mol. The molecule has 1 fully saturated rings. The molecule has 3 heteroatoms. The van der Waals surface area contributed by atoms with E-state index in [0.717, 1.165) is 18.9 Å². The molecular formula is C15H20F2O. The van der Waals surface area contributed by atoms with Crippen LogP contribution in [0.1, 0.15) is 38.7 Å². The molecule has 0 radical (unpaired) electrons. The quantitative estimate of drug-likeness (QED) is 0.853. The zero-order valence-corrected chi connectivity index (χ0v) is 10.9. The van der Waals surface area contributed by atoms with Crippen molar-refractivity contribution in [2.45, 2.75) is 45.1 Å². The van der Waals surface area contributed by atoms with Crippen molar-refractivity contribution in [3.63, 3.8) is 0 Å². The Morgan fingerprint density at radius 1 is 1.33 bits per heavy atom. The molecule has 0 saturated heterocycles. The highest BCUT2D eigenvalue weighted by molar-refractivity contribution is 5.21. The molecule has 1 N–H and O–H groups in total. The van der Waals surface area contributed by atoms with E-state index in [1.54, 1.807) is 0 Å². The molecule has 0 spiro atoms. The van der Waals surface area contributed by atoms with Crippen molar-refractivity contribution in [1.82, 2.24) is 0 Å². The van der Waals surface area contributed by atoms with Gasteiger partial charge in [-0.15, -0.1) is 0 Å². The van der Waals surface area contributed by atoms with Crippen molar-refractivity contribution in [1.29, 1.82) is 0 Å². The second kappa shape index (κ2) is 4.96. The fourth-order valence-corrected chi connectivity index (χ4v) is 2.98. The summed E-state index contributed by atoms with van der Waals surface area (Å²) < 4.78 is 26.5. The van der Waals surface area contributed by atoms with Crippen LogP contribution in [-0.2, 0) is 6.42 Å². The van der Waals surface area contributed by atoms with Gasteiger partial charge in [0.15, 0.2) is 0 Å². The number of hydrogen-bond acceptors (Lipinski definition) is 1. The summed E-state index contributed by atoms with van der Waals surface area (Å²) >= 11 is 0. The van der Waals surface area contributed by atoms with Gasteiger partial charge in [-0.3, -0.25) is 0 Å². The molecule has 3 atom stereocenters. The lowest BCUT2D eigenvalue weighted by atomic mass is 9.68. The summed E-state index contributed by atoms with van der Waals surface area (Å²) in [6.07, 6.45) is 3.03. The highest BCUT2D eigenvalue weighted by Gasteiger charge is 2.40. The van der Waals surface area contributed by atoms with Crippen molar-refractivity contribution >= 4 is 0 Å². The van der Waals surface area contributed by atoms with Gasteiger partial charge < -0.3 is 5.11 Å². The fourth-order valence-electron chi connectivity index (χ4n) is 2.98. The molecule has 0 aromatic heterocycles. The molecule has 2 rings (SSSR count). The SMILES string of the molecule is CC1CCCC(O)(Cc2ccc(F)cc2F)C1C. The molecule has 0 amide bonds. The van der Waals surface area contributed by atoms with E-state index < -0.39 is 17.2 Å². The minimum atomic E-state index is -0.865. The third kappa shape index (κ3) is 2.56. The van der Waals surface area contributed by atoms with E-state index in [1.165, 1.54) is 12.1 Å². The van der Waals surface area contributed by atoms with Crippen molar-refractivity contribution in [2.75, 3.05) is 0 Å². The van der Waals surface area contributed by atoms with Gasteiger partial charge >= 0.3 is 0 Å². The first-order chi connectivity index (χ1) is 8.42. The lowest BCUT2D eigenvalue weighted by molar-refractivity contribution is -0.0626. The Morgan fingerprint density at radius 2 is 2.06 bits per heavy atom. The van der Waals surface area contributed by atoms with E-state index in [-0.39, 0.29) is 12.3 Å². The zero-order valence-electron chi connectivity index (χ0n) is 10.9. The third-order valence-electron chi connectivity index (χ3n) is 4.48. The van der Waals surface area contributed by atoms with Crippen LogP contribution in [0.3, 0.4) is 0 Å². The number of hydrogen-bond donors (Lipinski definition) is 1. The van der Waals surface area contributed by atoms with Crippen LogP contribution in [0, 0.1) is 23.5 Å². The maximum atomic E-state index is 13.6. The van der Waals surface area contributed by atoms with Crippen molar-refractivity contribution < 1.29 is 13.9 Å². The predicted molar refractivity (Wildman–Crippen MR) is 67.2 cm³/mol. The van der Waals surface area contributed by atoms with Crippen molar-refractivity contribution in [3.8, 4) is 0 Å². The normalized spacial score (nSPS) is 32.5. The standard InChI is InChI=1S/C15H20F2O/c1-10-4-3-7-15(18,11(10)2)9-12-5-6-13(16)8-14(12)17/h5-6,8,10-11,18H,3-4,7,9H2,1-2H3. The maximum Gasteiger partial charge on any atom is 0.129 e. The predicted octanol–water partition coefficient (Wildman–Crippen LogP) is 3.69. The first-order valence-electron chi connectivity index (χ1n) is 6.59. The minimum absolute atomic E-state index is 0.135. The van der Waals surface area contributed by atoms with Crippen LogP contribution in [0.2, 0.25) is 0 Å². The van der Waals surface area contributed by atoms with Crippen LogP contribution in [0.4, 0.5) is 8.78 Å². The van der Waals surface area contributed by atoms with Gasteiger partial charge in [0.25, 0.3) is 0 Å². The van der Waals surface area contributed by atoms with Crippen LogP contribution in [0.5, 0.6) is 0 Å². The Kier molecular flexibility index (Phi) is 3.71. The Morgan fingerprint density at radius 3 is 2.72 bits per heavy atom. The first-order valence-corrected chi connectivity index (χ1v) is 6.59. The van der Waals surface area contributed by atoms with Crippen LogP contribution in [-0.4, -0.2) is 10.7 Å². The zero-order chi connectivity index (χ0) is 13.3. The molecule has 100 valence electrons. The van der Waals surface area contributed by atoms with Gasteiger partial charge in [0.05, 0.1) is 5.60 Å². The average Bonchev–Trinajstić information content (AvgIpc) is 2.30. The molecule has 1 aliphatic carbocycles. The number of rotatable bonds is 2. The molecule has 18 heavy (non-hydrogen) atoms. The molecule has 3 unspecified atom stereocenters. The monoisotopic (exact) mass is 254 g/mol. The largest absolute Gasteiger partial charge is 0.389 e. The molecule has 0 bridgehead atoms. The Hall–Kier alpha value is -0.960. The van der Waals surface area contributed by atoms with E-state index in [0.29, 0.717) is 17.9 Å². The highest BCUT2D eigenvalue weighted by Crippen LogP contribution is 2.39. The molecule has 0 heterocycles. The van der Waals surface area contributed by atoms with E-state index in [9.17, 15) is 13.9 Å². The third-order valence-corrected chi connectivity index (χ3v) is 4.48. The Labute approximate surface area is 107 Å². The molecule has 0 aliphatic heterocycles. The summed E-state index contributed by atoms with van der Waals surface area (Å²) in [7, 11) is 0. The van der Waals surface area contributed by atoms with Gasteiger partial charge in [-0.2, -0.15) is 0 Å². The summed E-state index contributed by atoms with van der Waals surface area (Å²) in [4.78, 5) is 0. The summed E-state index contributed by atoms with van der Waals surface area (Å²) in [5.41, 5.74) is -0.462. The summed E-state index contributed by atoms with van der Waals surface area (Å²) in [6, 6.07) is 3.57. The summed E-state index contributed by atoms with van der Waals surface area (Å²) in [5, 5.41) is 10.7. The molecule has 1 nitrogen and oxygen atoms in total. The van der Waals surface area contributed by atoms with Crippen LogP contribution in [0.25, 0.3) is 0 Å². The lowest BCUT2D eigenvalue weighted by Crippen LogP contribution is -2.45. The van der Waals surface area contributed by atoms with E-state index in [4.69, 9.17) is 0 Å². The molecule has 1 aromatic rings. The van der Waals surface area contributed by atoms with Gasteiger partial charge in [0, 0.05) is 12.5 Å². The molecular weight excluding hydrogens is 234 g/mol. The van der Waals surface area contributed by atoms with Crippen LogP contribution < -0.4 is 0 Å². The smallest absolute Gasteiger partial charge is 0.129 e. The fraction of sp³-hybridized carbons (Fsp3) is 0.600. The minimum Gasteiger partial charge on any atom is -0.389 e. The van der Waals surface area contributed by atoms with Crippen molar-refractivity contribution in [3.05, 3.63) is 35.4 Å². The summed E-state index contributed by atoms with van der Waals surface area (Å²) in [5.74, 6) is -0.565. The van der Waals surface area contributed by atoms with E-state index >= 15 is 0 Å². The molecule has 1 saturated carbocycles. The maximum absolute atomic E-state index is 13.6. The first kappa shape index (κ1) is 13.5. The van der Waals surface area contributed by atoms with Crippen LogP contribution >= 0.6 is 0 Å². The molecule has 1 aromatic carbocycles. The van der Waals surface area contributed by atoms with E-state index in [2.05, 4.69) is 6.92 Å². The second-order valence-electron chi connectivity index (χ2n) is 5.67. The van der Waals surface area contributed by atoms with Gasteiger partial charge in [-0.1, -0.05) is 32.8 Å². The van der Waals surface area contributed by atoms with Crippen molar-refractivity contribution in [2.24, 2.45) is 11.8 Å². The summed E-state index contributed by atoms with van der Waals surface area (Å²) in [6.45, 7) is 4.14. The number of benzene rings is 1. The van der Waals surface area contributed by atoms with E-state index in [1.807, 2.05) is 6.92 Å². The van der Waals surface area contributed by atoms with Gasteiger partial charge in [0.2, 0.25) is 0 Å².